The van der Waals surface area contributed by atoms with Crippen LogP contribution in [0.5, 0.6) is 0 Å². The molecule has 0 aromatic rings. The van der Waals surface area contributed by atoms with Crippen LogP contribution >= 0.6 is 0 Å². The highest BCUT2D eigenvalue weighted by Crippen LogP contribution is 2.17. The maximum Gasteiger partial charge on any atom is 0.0705 e. The molecule has 3 nitrogen and oxygen atoms in total. The molecule has 1 fully saturated rings. The summed E-state index contributed by atoms with van der Waals surface area (Å²) < 4.78 is 5.22. The molecule has 1 atom stereocenters. The topological polar surface area (TPSA) is 47.3 Å². The molecule has 0 aromatic carbocycles. The normalized spacial score (nSPS) is 21.0. The smallest absolute Gasteiger partial charge is 0.0705 e. The Morgan fingerprint density at radius 2 is 2.07 bits per heavy atom. The molecular formula is C11H24N2O. The van der Waals surface area contributed by atoms with E-state index >= 15 is 0 Å². The first-order chi connectivity index (χ1) is 6.86. The number of ether oxygens (including phenoxy) is 1. The fourth-order valence-corrected chi connectivity index (χ4v) is 2.09. The Morgan fingerprint density at radius 1 is 1.36 bits per heavy atom. The van der Waals surface area contributed by atoms with Gasteiger partial charge in [0, 0.05) is 19.7 Å². The van der Waals surface area contributed by atoms with Crippen LogP contribution in [0, 0.1) is 0 Å². The quantitative estimate of drug-likeness (QED) is 0.679. The Labute approximate surface area is 87.4 Å². The molecule has 1 aliphatic carbocycles. The Hall–Kier alpha value is -0.120. The molecular weight excluding hydrogens is 176 g/mol. The van der Waals surface area contributed by atoms with Gasteiger partial charge in [0.25, 0.3) is 0 Å². The fourth-order valence-electron chi connectivity index (χ4n) is 2.09. The van der Waals surface area contributed by atoms with Gasteiger partial charge in [0.05, 0.1) is 6.10 Å². The van der Waals surface area contributed by atoms with Crippen LogP contribution in [-0.4, -0.2) is 32.3 Å². The van der Waals surface area contributed by atoms with Gasteiger partial charge in [-0.3, -0.25) is 0 Å². The van der Waals surface area contributed by atoms with E-state index in [1.54, 1.807) is 7.11 Å². The maximum atomic E-state index is 5.55. The molecule has 0 aliphatic heterocycles. The van der Waals surface area contributed by atoms with Crippen LogP contribution in [-0.2, 0) is 4.74 Å². The van der Waals surface area contributed by atoms with Gasteiger partial charge in [-0.25, -0.2) is 0 Å². The third-order valence-corrected chi connectivity index (χ3v) is 3.10. The van der Waals surface area contributed by atoms with Crippen molar-refractivity contribution >= 4 is 0 Å². The van der Waals surface area contributed by atoms with E-state index in [-0.39, 0.29) is 6.10 Å². The minimum Gasteiger partial charge on any atom is -0.380 e. The molecule has 0 amide bonds. The largest absolute Gasteiger partial charge is 0.380 e. The summed E-state index contributed by atoms with van der Waals surface area (Å²) in [5.41, 5.74) is 5.55. The molecule has 0 heterocycles. The van der Waals surface area contributed by atoms with E-state index in [2.05, 4.69) is 5.32 Å². The lowest BCUT2D eigenvalue weighted by Gasteiger charge is -2.23. The summed E-state index contributed by atoms with van der Waals surface area (Å²) >= 11 is 0. The zero-order chi connectivity index (χ0) is 10.2. The number of nitrogens with one attached hydrogen (secondary N) is 1. The summed E-state index contributed by atoms with van der Waals surface area (Å²) in [6.45, 7) is 1.67. The molecule has 3 heteroatoms. The summed E-state index contributed by atoms with van der Waals surface area (Å²) in [6.07, 6.45) is 8.15. The molecule has 1 aliphatic rings. The molecule has 0 saturated heterocycles. The van der Waals surface area contributed by atoms with Gasteiger partial charge in [0.1, 0.15) is 0 Å². The number of rotatable bonds is 6. The lowest BCUT2D eigenvalue weighted by Crippen LogP contribution is -2.34. The van der Waals surface area contributed by atoms with E-state index < -0.39 is 0 Å². The second-order valence-corrected chi connectivity index (χ2v) is 4.17. The first-order valence-corrected chi connectivity index (χ1v) is 5.83. The zero-order valence-corrected chi connectivity index (χ0v) is 9.30. The van der Waals surface area contributed by atoms with E-state index in [9.17, 15) is 0 Å². The summed E-state index contributed by atoms with van der Waals surface area (Å²) in [6, 6.07) is 0.749. The van der Waals surface area contributed by atoms with Crippen LogP contribution in [0.3, 0.4) is 0 Å². The Kier molecular flexibility index (Phi) is 6.15. The van der Waals surface area contributed by atoms with Gasteiger partial charge >= 0.3 is 0 Å². The van der Waals surface area contributed by atoms with Crippen LogP contribution in [0.2, 0.25) is 0 Å². The molecule has 0 radical (unpaired) electrons. The summed E-state index contributed by atoms with van der Waals surface area (Å²) in [7, 11) is 1.73. The van der Waals surface area contributed by atoms with Gasteiger partial charge in [-0.2, -0.15) is 0 Å². The third-order valence-electron chi connectivity index (χ3n) is 3.10. The van der Waals surface area contributed by atoms with Crippen molar-refractivity contribution in [2.75, 3.05) is 20.2 Å². The molecule has 84 valence electrons. The number of hydrogen-bond acceptors (Lipinski definition) is 3. The van der Waals surface area contributed by atoms with Gasteiger partial charge in [-0.15, -0.1) is 0 Å². The average Bonchev–Trinajstić information content (AvgIpc) is 2.26. The van der Waals surface area contributed by atoms with E-state index in [4.69, 9.17) is 10.5 Å². The van der Waals surface area contributed by atoms with Crippen LogP contribution in [0.1, 0.15) is 38.5 Å². The van der Waals surface area contributed by atoms with Gasteiger partial charge in [-0.05, 0) is 25.8 Å². The lowest BCUT2D eigenvalue weighted by molar-refractivity contribution is 0.101. The summed E-state index contributed by atoms with van der Waals surface area (Å²) in [5, 5.41) is 3.59. The van der Waals surface area contributed by atoms with Crippen LogP contribution < -0.4 is 11.1 Å². The van der Waals surface area contributed by atoms with Gasteiger partial charge in [0.2, 0.25) is 0 Å². The average molecular weight is 200 g/mol. The van der Waals surface area contributed by atoms with Gasteiger partial charge in [0.15, 0.2) is 0 Å². The Morgan fingerprint density at radius 3 is 2.64 bits per heavy atom. The molecule has 1 saturated carbocycles. The molecule has 0 spiro atoms. The second-order valence-electron chi connectivity index (χ2n) is 4.17. The minimum atomic E-state index is 0.228. The van der Waals surface area contributed by atoms with Crippen molar-refractivity contribution in [2.24, 2.45) is 5.73 Å². The van der Waals surface area contributed by atoms with Crippen molar-refractivity contribution in [1.29, 1.82) is 0 Å². The van der Waals surface area contributed by atoms with E-state index in [1.165, 1.54) is 32.1 Å². The standard InChI is InChI=1S/C11H24N2O/c1-14-11(9-12)7-8-13-10-5-3-2-4-6-10/h10-11,13H,2-9,12H2,1H3. The minimum absolute atomic E-state index is 0.228. The molecule has 14 heavy (non-hydrogen) atoms. The lowest BCUT2D eigenvalue weighted by atomic mass is 9.95. The molecule has 0 aromatic heterocycles. The van der Waals surface area contributed by atoms with Crippen molar-refractivity contribution in [1.82, 2.24) is 5.32 Å². The summed E-state index contributed by atoms with van der Waals surface area (Å²) in [4.78, 5) is 0. The van der Waals surface area contributed by atoms with Crippen molar-refractivity contribution < 1.29 is 4.74 Å². The third kappa shape index (κ3) is 4.40. The zero-order valence-electron chi connectivity index (χ0n) is 9.30. The highest BCUT2D eigenvalue weighted by molar-refractivity contribution is 4.72. The number of methoxy groups -OCH3 is 1. The predicted molar refractivity (Wildman–Crippen MR) is 59.3 cm³/mol. The van der Waals surface area contributed by atoms with Crippen molar-refractivity contribution in [3.63, 3.8) is 0 Å². The van der Waals surface area contributed by atoms with Crippen molar-refractivity contribution in [3.05, 3.63) is 0 Å². The Bertz CT molecular complexity index is 131. The second kappa shape index (κ2) is 7.21. The van der Waals surface area contributed by atoms with Crippen molar-refractivity contribution in [2.45, 2.75) is 50.7 Å². The highest BCUT2D eigenvalue weighted by Gasteiger charge is 2.12. The highest BCUT2D eigenvalue weighted by atomic mass is 16.5. The first-order valence-electron chi connectivity index (χ1n) is 5.83. The van der Waals surface area contributed by atoms with Crippen LogP contribution in [0.4, 0.5) is 0 Å². The van der Waals surface area contributed by atoms with E-state index in [1.807, 2.05) is 0 Å². The van der Waals surface area contributed by atoms with Crippen molar-refractivity contribution in [3.8, 4) is 0 Å². The molecule has 3 N–H and O–H groups in total. The SMILES string of the molecule is COC(CN)CCNC1CCCCC1. The number of hydrogen-bond donors (Lipinski definition) is 2. The molecule has 0 bridgehead atoms. The van der Waals surface area contributed by atoms with Crippen LogP contribution in [0.25, 0.3) is 0 Å². The van der Waals surface area contributed by atoms with Gasteiger partial charge in [-0.1, -0.05) is 19.3 Å². The maximum absolute atomic E-state index is 5.55. The van der Waals surface area contributed by atoms with E-state index in [0.29, 0.717) is 6.54 Å². The Balaban J connectivity index is 2.01. The van der Waals surface area contributed by atoms with Gasteiger partial charge < -0.3 is 15.8 Å². The monoisotopic (exact) mass is 200 g/mol. The summed E-state index contributed by atoms with van der Waals surface area (Å²) in [5.74, 6) is 0. The predicted octanol–water partition coefficient (Wildman–Crippen LogP) is 1.27. The molecule has 1 unspecified atom stereocenters. The fraction of sp³-hybridized carbons (Fsp3) is 1.00. The number of nitrogens with two attached hydrogens (primary N) is 1. The van der Waals surface area contributed by atoms with Crippen LogP contribution in [0.15, 0.2) is 0 Å². The first kappa shape index (κ1) is 12.0. The molecule has 1 rings (SSSR count). The van der Waals surface area contributed by atoms with E-state index in [0.717, 1.165) is 19.0 Å².